The van der Waals surface area contributed by atoms with E-state index in [-0.39, 0.29) is 24.6 Å². The zero-order valence-electron chi connectivity index (χ0n) is 18.4. The molecule has 8 heteroatoms. The highest BCUT2D eigenvalue weighted by Crippen LogP contribution is 2.44. The van der Waals surface area contributed by atoms with E-state index < -0.39 is 35.4 Å². The molecule has 1 aliphatic carbocycles. The number of ether oxygens (including phenoxy) is 1. The fourth-order valence-corrected chi connectivity index (χ4v) is 4.17. The number of amides is 2. The van der Waals surface area contributed by atoms with E-state index in [0.29, 0.717) is 0 Å². The highest BCUT2D eigenvalue weighted by molar-refractivity contribution is 5.94. The van der Waals surface area contributed by atoms with Gasteiger partial charge in [0, 0.05) is 18.4 Å². The van der Waals surface area contributed by atoms with Crippen LogP contribution in [0.5, 0.6) is 0 Å². The molecule has 7 nitrogen and oxygen atoms in total. The zero-order valence-corrected chi connectivity index (χ0v) is 18.4. The van der Waals surface area contributed by atoms with Crippen LogP contribution in [0.3, 0.4) is 0 Å². The van der Waals surface area contributed by atoms with Gasteiger partial charge in [-0.1, -0.05) is 54.6 Å². The number of rotatable bonds is 7. The number of anilines is 1. The average molecular weight is 462 g/mol. The predicted molar refractivity (Wildman–Crippen MR) is 124 cm³/mol. The Balaban J connectivity index is 1.32. The number of aromatic carboxylic acids is 1. The molecule has 4 rings (SSSR count). The molecule has 3 aromatic rings. The second kappa shape index (κ2) is 9.74. The Morgan fingerprint density at radius 2 is 1.59 bits per heavy atom. The van der Waals surface area contributed by atoms with Gasteiger partial charge in [0.2, 0.25) is 5.91 Å². The average Bonchev–Trinajstić information content (AvgIpc) is 3.12. The Labute approximate surface area is 195 Å². The third kappa shape index (κ3) is 4.76. The van der Waals surface area contributed by atoms with Gasteiger partial charge in [0.15, 0.2) is 5.82 Å². The molecule has 0 saturated carbocycles. The van der Waals surface area contributed by atoms with E-state index in [1.807, 2.05) is 48.5 Å². The second-order valence-electron chi connectivity index (χ2n) is 8.10. The number of halogens is 1. The van der Waals surface area contributed by atoms with Crippen LogP contribution in [-0.4, -0.2) is 35.7 Å². The lowest BCUT2D eigenvalue weighted by Gasteiger charge is -2.17. The highest BCUT2D eigenvalue weighted by atomic mass is 19.1. The molecule has 3 N–H and O–H groups in total. The van der Waals surface area contributed by atoms with Gasteiger partial charge in [-0.2, -0.15) is 0 Å². The van der Waals surface area contributed by atoms with E-state index in [1.54, 1.807) is 6.92 Å². The maximum atomic E-state index is 14.2. The molecule has 0 bridgehead atoms. The number of alkyl carbamates (subject to hydrolysis) is 1. The van der Waals surface area contributed by atoms with Crippen molar-refractivity contribution in [1.29, 1.82) is 0 Å². The van der Waals surface area contributed by atoms with Crippen LogP contribution in [0.4, 0.5) is 14.9 Å². The Kier molecular flexibility index (Phi) is 6.58. The number of nitrogens with one attached hydrogen (secondary N) is 2. The number of carbonyl (C=O) groups is 3. The Hall–Kier alpha value is -4.20. The Bertz CT molecular complexity index is 1210. The van der Waals surface area contributed by atoms with Gasteiger partial charge in [-0.3, -0.25) is 4.79 Å². The van der Waals surface area contributed by atoms with Crippen molar-refractivity contribution in [1.82, 2.24) is 5.32 Å². The van der Waals surface area contributed by atoms with E-state index in [2.05, 4.69) is 10.6 Å². The summed E-state index contributed by atoms with van der Waals surface area (Å²) in [7, 11) is 0. The summed E-state index contributed by atoms with van der Waals surface area (Å²) in [5.74, 6) is -3.12. The smallest absolute Gasteiger partial charge is 0.407 e. The predicted octanol–water partition coefficient (Wildman–Crippen LogP) is 4.78. The molecule has 0 heterocycles. The van der Waals surface area contributed by atoms with Crippen LogP contribution in [0.2, 0.25) is 0 Å². The second-order valence-corrected chi connectivity index (χ2v) is 8.10. The third-order valence-electron chi connectivity index (χ3n) is 5.70. The van der Waals surface area contributed by atoms with Gasteiger partial charge in [-0.15, -0.1) is 0 Å². The van der Waals surface area contributed by atoms with Crippen molar-refractivity contribution < 1.29 is 28.6 Å². The summed E-state index contributed by atoms with van der Waals surface area (Å²) in [5, 5.41) is 13.9. The van der Waals surface area contributed by atoms with Crippen molar-refractivity contribution in [3.63, 3.8) is 0 Å². The molecule has 0 fully saturated rings. The number of carbonyl (C=O) groups excluding carboxylic acids is 2. The SMILES string of the molecule is C[C@H](CC(=O)Nc1cccc(C(=O)O)c1F)NC(=O)OCC1c2ccccc2-c2ccccc21. The van der Waals surface area contributed by atoms with E-state index in [1.165, 1.54) is 12.1 Å². The Morgan fingerprint density at radius 1 is 0.971 bits per heavy atom. The molecular formula is C26H23FN2O5. The van der Waals surface area contributed by atoms with Crippen LogP contribution in [0, 0.1) is 5.82 Å². The summed E-state index contributed by atoms with van der Waals surface area (Å²) in [6.07, 6.45) is -0.817. The monoisotopic (exact) mass is 462 g/mol. The summed E-state index contributed by atoms with van der Waals surface area (Å²) in [5.41, 5.74) is 3.65. The third-order valence-corrected chi connectivity index (χ3v) is 5.70. The van der Waals surface area contributed by atoms with Gasteiger partial charge in [0.25, 0.3) is 0 Å². The number of fused-ring (bicyclic) bond motifs is 3. The fraction of sp³-hybridized carbons (Fsp3) is 0.192. The minimum atomic E-state index is -1.43. The minimum absolute atomic E-state index is 0.0822. The van der Waals surface area contributed by atoms with Gasteiger partial charge in [-0.05, 0) is 41.3 Å². The normalized spacial score (nSPS) is 12.9. The largest absolute Gasteiger partial charge is 0.478 e. The molecular weight excluding hydrogens is 439 g/mol. The lowest BCUT2D eigenvalue weighted by atomic mass is 9.98. The lowest BCUT2D eigenvalue weighted by molar-refractivity contribution is -0.116. The number of carboxylic acid groups (broad SMARTS) is 1. The summed E-state index contributed by atoms with van der Waals surface area (Å²) in [6.45, 7) is 1.76. The molecule has 174 valence electrons. The van der Waals surface area contributed by atoms with E-state index in [4.69, 9.17) is 9.84 Å². The molecule has 2 amide bonds. The standard InChI is InChI=1S/C26H23FN2O5/c1-15(13-23(30)29-22-12-6-11-20(24(22)27)25(31)32)28-26(33)34-14-21-18-9-4-2-7-16(18)17-8-3-5-10-19(17)21/h2-12,15,21H,13-14H2,1H3,(H,28,33)(H,29,30)(H,31,32)/t15-/m1/s1. The molecule has 0 aliphatic heterocycles. The first-order chi connectivity index (χ1) is 16.3. The van der Waals surface area contributed by atoms with E-state index >= 15 is 0 Å². The molecule has 0 unspecified atom stereocenters. The first-order valence-corrected chi connectivity index (χ1v) is 10.8. The molecule has 0 saturated heterocycles. The van der Waals surface area contributed by atoms with Crippen molar-refractivity contribution in [2.24, 2.45) is 0 Å². The number of hydrogen-bond donors (Lipinski definition) is 3. The van der Waals surface area contributed by atoms with Crippen LogP contribution in [-0.2, 0) is 9.53 Å². The zero-order chi connectivity index (χ0) is 24.2. The van der Waals surface area contributed by atoms with Crippen molar-refractivity contribution in [2.45, 2.75) is 25.3 Å². The molecule has 0 aromatic heterocycles. The van der Waals surface area contributed by atoms with Crippen molar-refractivity contribution in [2.75, 3.05) is 11.9 Å². The van der Waals surface area contributed by atoms with Crippen LogP contribution in [0.1, 0.15) is 40.7 Å². The van der Waals surface area contributed by atoms with Crippen LogP contribution < -0.4 is 10.6 Å². The molecule has 1 aliphatic rings. The van der Waals surface area contributed by atoms with Crippen LogP contribution in [0.15, 0.2) is 66.7 Å². The number of carboxylic acids is 1. The molecule has 1 atom stereocenters. The maximum absolute atomic E-state index is 14.2. The first-order valence-electron chi connectivity index (χ1n) is 10.8. The Morgan fingerprint density at radius 3 is 2.21 bits per heavy atom. The lowest BCUT2D eigenvalue weighted by Crippen LogP contribution is -2.36. The fourth-order valence-electron chi connectivity index (χ4n) is 4.17. The number of hydrogen-bond acceptors (Lipinski definition) is 4. The highest BCUT2D eigenvalue weighted by Gasteiger charge is 2.29. The first kappa shape index (κ1) is 23.0. The number of benzene rings is 3. The minimum Gasteiger partial charge on any atom is -0.478 e. The van der Waals surface area contributed by atoms with Gasteiger partial charge in [-0.25, -0.2) is 14.0 Å². The summed E-state index contributed by atoms with van der Waals surface area (Å²) in [4.78, 5) is 35.7. The van der Waals surface area contributed by atoms with Crippen molar-refractivity contribution in [3.05, 3.63) is 89.2 Å². The summed E-state index contributed by atoms with van der Waals surface area (Å²) < 4.78 is 19.7. The quantitative estimate of drug-likeness (QED) is 0.469. The van der Waals surface area contributed by atoms with Gasteiger partial charge >= 0.3 is 12.1 Å². The van der Waals surface area contributed by atoms with Crippen molar-refractivity contribution >= 4 is 23.7 Å². The van der Waals surface area contributed by atoms with Gasteiger partial charge in [0.1, 0.15) is 6.61 Å². The molecule has 0 spiro atoms. The van der Waals surface area contributed by atoms with E-state index in [9.17, 15) is 18.8 Å². The van der Waals surface area contributed by atoms with Gasteiger partial charge < -0.3 is 20.5 Å². The maximum Gasteiger partial charge on any atom is 0.407 e. The summed E-state index contributed by atoms with van der Waals surface area (Å²) in [6, 6.07) is 19.1. The van der Waals surface area contributed by atoms with Gasteiger partial charge in [0.05, 0.1) is 11.3 Å². The molecule has 0 radical (unpaired) electrons. The van der Waals surface area contributed by atoms with E-state index in [0.717, 1.165) is 28.3 Å². The van der Waals surface area contributed by atoms with Crippen LogP contribution in [0.25, 0.3) is 11.1 Å². The topological polar surface area (TPSA) is 105 Å². The molecule has 3 aromatic carbocycles. The molecule has 34 heavy (non-hydrogen) atoms. The summed E-state index contributed by atoms with van der Waals surface area (Å²) >= 11 is 0. The van der Waals surface area contributed by atoms with Crippen molar-refractivity contribution in [3.8, 4) is 11.1 Å². The van der Waals surface area contributed by atoms with Crippen LogP contribution >= 0.6 is 0 Å².